The van der Waals surface area contributed by atoms with Crippen molar-refractivity contribution in [2.24, 2.45) is 5.73 Å². The van der Waals surface area contributed by atoms with Gasteiger partial charge in [-0.15, -0.1) is 0 Å². The highest BCUT2D eigenvalue weighted by Crippen LogP contribution is 2.23. The van der Waals surface area contributed by atoms with Crippen LogP contribution in [0, 0.1) is 5.82 Å². The monoisotopic (exact) mass is 277 g/mol. The van der Waals surface area contributed by atoms with Crippen LogP contribution < -0.4 is 16.4 Å². The van der Waals surface area contributed by atoms with Crippen molar-refractivity contribution >= 4 is 23.2 Å². The molecular formula is C13H12FN3O3. The minimum Gasteiger partial charge on any atom is -0.459 e. The third-order valence-corrected chi connectivity index (χ3v) is 2.43. The van der Waals surface area contributed by atoms with E-state index in [1.54, 1.807) is 6.07 Å². The number of hydrogen-bond acceptors (Lipinski definition) is 4. The Kier molecular flexibility index (Phi) is 4.11. The third-order valence-electron chi connectivity index (χ3n) is 2.43. The molecule has 1 aromatic carbocycles. The normalized spacial score (nSPS) is 10.1. The van der Waals surface area contributed by atoms with Crippen molar-refractivity contribution in [3.05, 3.63) is 48.2 Å². The highest BCUT2D eigenvalue weighted by molar-refractivity contribution is 6.05. The summed E-state index contributed by atoms with van der Waals surface area (Å²) in [5.74, 6) is -1.45. The molecule has 0 saturated heterocycles. The second-order valence-corrected chi connectivity index (χ2v) is 3.87. The van der Waals surface area contributed by atoms with Crippen LogP contribution in [-0.2, 0) is 4.79 Å². The topological polar surface area (TPSA) is 97.4 Å². The van der Waals surface area contributed by atoms with E-state index in [2.05, 4.69) is 10.6 Å². The van der Waals surface area contributed by atoms with E-state index in [1.807, 2.05) is 0 Å². The van der Waals surface area contributed by atoms with Crippen molar-refractivity contribution in [2.45, 2.75) is 0 Å². The van der Waals surface area contributed by atoms with E-state index in [9.17, 15) is 14.0 Å². The summed E-state index contributed by atoms with van der Waals surface area (Å²) in [5.41, 5.74) is 5.55. The lowest BCUT2D eigenvalue weighted by Crippen LogP contribution is -2.23. The van der Waals surface area contributed by atoms with Gasteiger partial charge >= 0.3 is 0 Å². The van der Waals surface area contributed by atoms with Crippen LogP contribution in [-0.4, -0.2) is 18.4 Å². The zero-order valence-corrected chi connectivity index (χ0v) is 10.4. The number of nitrogens with one attached hydrogen (secondary N) is 2. The summed E-state index contributed by atoms with van der Waals surface area (Å²) in [6.07, 6.45) is 1.36. The molecule has 2 aromatic rings. The van der Waals surface area contributed by atoms with Gasteiger partial charge in [0.2, 0.25) is 5.91 Å². The summed E-state index contributed by atoms with van der Waals surface area (Å²) in [7, 11) is 0. The second-order valence-electron chi connectivity index (χ2n) is 3.87. The number of halogens is 1. The van der Waals surface area contributed by atoms with Crippen LogP contribution in [0.15, 0.2) is 41.0 Å². The smallest absolute Gasteiger partial charge is 0.291 e. The minimum absolute atomic E-state index is 0.102. The number of carbonyl (C=O) groups excluding carboxylic acids is 2. The molecule has 1 heterocycles. The SMILES string of the molecule is NCC(=O)Nc1cc(F)ccc1NC(=O)c1ccco1. The zero-order valence-electron chi connectivity index (χ0n) is 10.4. The van der Waals surface area contributed by atoms with Gasteiger partial charge < -0.3 is 20.8 Å². The average Bonchev–Trinajstić information content (AvgIpc) is 2.95. The van der Waals surface area contributed by atoms with Gasteiger partial charge in [-0.25, -0.2) is 4.39 Å². The molecule has 0 radical (unpaired) electrons. The van der Waals surface area contributed by atoms with Crippen LogP contribution in [0.1, 0.15) is 10.6 Å². The van der Waals surface area contributed by atoms with Crippen LogP contribution in [0.2, 0.25) is 0 Å². The number of hydrogen-bond donors (Lipinski definition) is 3. The van der Waals surface area contributed by atoms with Crippen LogP contribution in [0.5, 0.6) is 0 Å². The Balaban J connectivity index is 2.22. The lowest BCUT2D eigenvalue weighted by molar-refractivity contribution is -0.114. The van der Waals surface area contributed by atoms with Crippen molar-refractivity contribution in [1.82, 2.24) is 0 Å². The van der Waals surface area contributed by atoms with E-state index >= 15 is 0 Å². The zero-order chi connectivity index (χ0) is 14.5. The third kappa shape index (κ3) is 3.21. The summed E-state index contributed by atoms with van der Waals surface area (Å²) in [5, 5.41) is 4.92. The fraction of sp³-hybridized carbons (Fsp3) is 0.0769. The first-order valence-corrected chi connectivity index (χ1v) is 5.74. The highest BCUT2D eigenvalue weighted by Gasteiger charge is 2.13. The van der Waals surface area contributed by atoms with Gasteiger partial charge in [0.05, 0.1) is 24.2 Å². The molecule has 7 heteroatoms. The number of rotatable bonds is 4. The Hall–Kier alpha value is -2.67. The molecule has 1 aromatic heterocycles. The first kappa shape index (κ1) is 13.8. The Morgan fingerprint density at radius 2 is 2.00 bits per heavy atom. The van der Waals surface area contributed by atoms with Gasteiger partial charge in [-0.1, -0.05) is 0 Å². The lowest BCUT2D eigenvalue weighted by atomic mass is 10.2. The van der Waals surface area contributed by atoms with E-state index in [1.165, 1.54) is 18.4 Å². The van der Waals surface area contributed by atoms with Crippen molar-refractivity contribution in [2.75, 3.05) is 17.2 Å². The number of anilines is 2. The number of furan rings is 1. The molecule has 20 heavy (non-hydrogen) atoms. The van der Waals surface area contributed by atoms with E-state index in [0.717, 1.165) is 12.1 Å². The van der Waals surface area contributed by atoms with Crippen LogP contribution in [0.25, 0.3) is 0 Å². The van der Waals surface area contributed by atoms with E-state index in [4.69, 9.17) is 10.2 Å². The molecule has 104 valence electrons. The van der Waals surface area contributed by atoms with Crippen molar-refractivity contribution < 1.29 is 18.4 Å². The molecule has 2 rings (SSSR count). The molecule has 0 spiro atoms. The maximum absolute atomic E-state index is 13.2. The summed E-state index contributed by atoms with van der Waals surface area (Å²) in [6.45, 7) is -0.248. The molecular weight excluding hydrogens is 265 g/mol. The van der Waals surface area contributed by atoms with Gasteiger partial charge in [0.25, 0.3) is 5.91 Å². The van der Waals surface area contributed by atoms with Gasteiger partial charge in [-0.05, 0) is 30.3 Å². The van der Waals surface area contributed by atoms with Crippen molar-refractivity contribution in [1.29, 1.82) is 0 Å². The van der Waals surface area contributed by atoms with Gasteiger partial charge in [0, 0.05) is 0 Å². The first-order chi connectivity index (χ1) is 9.60. The number of amides is 2. The number of benzene rings is 1. The van der Waals surface area contributed by atoms with Gasteiger partial charge in [-0.3, -0.25) is 9.59 Å². The first-order valence-electron chi connectivity index (χ1n) is 5.74. The fourth-order valence-electron chi connectivity index (χ4n) is 1.52. The molecule has 4 N–H and O–H groups in total. The second kappa shape index (κ2) is 5.98. The summed E-state index contributed by atoms with van der Waals surface area (Å²) in [4.78, 5) is 23.1. The fourth-order valence-corrected chi connectivity index (χ4v) is 1.52. The predicted octanol–water partition coefficient (Wildman–Crippen LogP) is 1.57. The standard InChI is InChI=1S/C13H12FN3O3/c14-8-3-4-9(10(6-8)16-12(18)7-15)17-13(19)11-2-1-5-20-11/h1-6H,7,15H2,(H,16,18)(H,17,19). The molecule has 2 amide bonds. The molecule has 0 aliphatic rings. The Labute approximate surface area is 113 Å². The Bertz CT molecular complexity index is 626. The van der Waals surface area contributed by atoms with Gasteiger partial charge in [0.1, 0.15) is 5.82 Å². The maximum Gasteiger partial charge on any atom is 0.291 e. The molecule has 0 atom stereocenters. The quantitative estimate of drug-likeness (QED) is 0.790. The number of carbonyl (C=O) groups is 2. The predicted molar refractivity (Wildman–Crippen MR) is 70.7 cm³/mol. The highest BCUT2D eigenvalue weighted by atomic mass is 19.1. The summed E-state index contributed by atoms with van der Waals surface area (Å²) >= 11 is 0. The molecule has 0 fully saturated rings. The molecule has 0 saturated carbocycles. The average molecular weight is 277 g/mol. The molecule has 0 aliphatic heterocycles. The molecule has 0 bridgehead atoms. The number of nitrogens with two attached hydrogens (primary N) is 1. The van der Waals surface area contributed by atoms with Crippen LogP contribution in [0.4, 0.5) is 15.8 Å². The maximum atomic E-state index is 13.2. The minimum atomic E-state index is -0.548. The van der Waals surface area contributed by atoms with Gasteiger partial charge in [0.15, 0.2) is 5.76 Å². The summed E-state index contributed by atoms with van der Waals surface area (Å²) in [6, 6.07) is 6.64. The Morgan fingerprint density at radius 3 is 2.65 bits per heavy atom. The van der Waals surface area contributed by atoms with Crippen molar-refractivity contribution in [3.63, 3.8) is 0 Å². The van der Waals surface area contributed by atoms with E-state index in [0.29, 0.717) is 0 Å². The lowest BCUT2D eigenvalue weighted by Gasteiger charge is -2.11. The molecule has 0 aliphatic carbocycles. The van der Waals surface area contributed by atoms with Crippen molar-refractivity contribution in [3.8, 4) is 0 Å². The molecule has 6 nitrogen and oxygen atoms in total. The molecule has 0 unspecified atom stereocenters. The van der Waals surface area contributed by atoms with E-state index in [-0.39, 0.29) is 23.7 Å². The van der Waals surface area contributed by atoms with Crippen LogP contribution >= 0.6 is 0 Å². The Morgan fingerprint density at radius 1 is 1.20 bits per heavy atom. The van der Waals surface area contributed by atoms with E-state index < -0.39 is 17.6 Å². The largest absolute Gasteiger partial charge is 0.459 e. The van der Waals surface area contributed by atoms with Crippen LogP contribution in [0.3, 0.4) is 0 Å². The van der Waals surface area contributed by atoms with Gasteiger partial charge in [-0.2, -0.15) is 0 Å². The summed E-state index contributed by atoms with van der Waals surface area (Å²) < 4.78 is 18.1.